The highest BCUT2D eigenvalue weighted by Gasteiger charge is 2.31. The van der Waals surface area contributed by atoms with Crippen LogP contribution in [0.25, 0.3) is 11.3 Å². The summed E-state index contributed by atoms with van der Waals surface area (Å²) in [6.45, 7) is 6.48. The average Bonchev–Trinajstić information content (AvgIpc) is 2.99. The Kier molecular flexibility index (Phi) is 5.00. The number of nitrogens with zero attached hydrogens (tertiary/aromatic N) is 3. The van der Waals surface area contributed by atoms with Crippen LogP contribution in [0, 0.1) is 6.92 Å². The molecular weight excluding hydrogens is 290 g/mol. The zero-order valence-corrected chi connectivity index (χ0v) is 13.6. The van der Waals surface area contributed by atoms with Gasteiger partial charge in [-0.25, -0.2) is 9.97 Å². The van der Waals surface area contributed by atoms with Crippen molar-refractivity contribution in [3.05, 3.63) is 47.9 Å². The third kappa shape index (κ3) is 3.75. The Labute approximate surface area is 137 Å². The molecule has 2 heterocycles. The van der Waals surface area contributed by atoms with Gasteiger partial charge in [-0.2, -0.15) is 0 Å². The summed E-state index contributed by atoms with van der Waals surface area (Å²) in [5, 5.41) is 10.0. The largest absolute Gasteiger partial charge is 0.389 e. The Bertz CT molecular complexity index is 648. The smallest absolute Gasteiger partial charge is 0.143 e. The molecule has 2 aromatic rings. The normalized spacial score (nSPS) is 21.0. The van der Waals surface area contributed by atoms with E-state index in [4.69, 9.17) is 9.72 Å². The Morgan fingerprint density at radius 3 is 2.65 bits per heavy atom. The minimum Gasteiger partial charge on any atom is -0.389 e. The van der Waals surface area contributed by atoms with Crippen LogP contribution in [0.1, 0.15) is 18.4 Å². The molecule has 1 aromatic carbocycles. The highest BCUT2D eigenvalue weighted by atomic mass is 16.5. The summed E-state index contributed by atoms with van der Waals surface area (Å²) < 4.78 is 5.37. The number of benzene rings is 1. The second-order valence-electron chi connectivity index (χ2n) is 5.91. The number of aromatic nitrogens is 2. The van der Waals surface area contributed by atoms with Crippen LogP contribution in [0.15, 0.2) is 36.4 Å². The van der Waals surface area contributed by atoms with E-state index in [1.165, 1.54) is 0 Å². The van der Waals surface area contributed by atoms with Crippen LogP contribution < -0.4 is 0 Å². The topological polar surface area (TPSA) is 58.5 Å². The van der Waals surface area contributed by atoms with Crippen molar-refractivity contribution in [3.8, 4) is 11.3 Å². The third-order valence-electron chi connectivity index (χ3n) is 4.21. The zero-order valence-electron chi connectivity index (χ0n) is 13.6. The van der Waals surface area contributed by atoms with Crippen molar-refractivity contribution in [2.75, 3.05) is 19.8 Å². The standard InChI is InChI=1S/C18H23N3O2/c1-3-21(16-11-23-12-17(16)22)10-18-19-13(2)9-15(20-18)14-7-5-4-6-8-14/h4-9,16-17,22H,3,10-12H2,1-2H3/t16-,17-/m1/s1. The van der Waals surface area contributed by atoms with Gasteiger partial charge in [-0.15, -0.1) is 0 Å². The van der Waals surface area contributed by atoms with E-state index in [0.29, 0.717) is 19.8 Å². The van der Waals surface area contributed by atoms with Crippen LogP contribution in [0.5, 0.6) is 0 Å². The van der Waals surface area contributed by atoms with Crippen molar-refractivity contribution in [3.63, 3.8) is 0 Å². The number of rotatable bonds is 5. The molecule has 0 spiro atoms. The first kappa shape index (κ1) is 16.1. The molecule has 23 heavy (non-hydrogen) atoms. The van der Waals surface area contributed by atoms with Gasteiger partial charge in [-0.3, -0.25) is 4.90 Å². The fraction of sp³-hybridized carbons (Fsp3) is 0.444. The number of aliphatic hydroxyl groups is 1. The van der Waals surface area contributed by atoms with Gasteiger partial charge in [0.05, 0.1) is 37.6 Å². The molecule has 1 aliphatic rings. The number of hydrogen-bond donors (Lipinski definition) is 1. The highest BCUT2D eigenvalue weighted by Crippen LogP contribution is 2.19. The van der Waals surface area contributed by atoms with Gasteiger partial charge in [-0.05, 0) is 19.5 Å². The monoisotopic (exact) mass is 313 g/mol. The predicted molar refractivity (Wildman–Crippen MR) is 88.9 cm³/mol. The van der Waals surface area contributed by atoms with Crippen molar-refractivity contribution < 1.29 is 9.84 Å². The van der Waals surface area contributed by atoms with E-state index in [0.717, 1.165) is 29.3 Å². The van der Waals surface area contributed by atoms with Gasteiger partial charge in [0.15, 0.2) is 0 Å². The zero-order chi connectivity index (χ0) is 16.2. The molecule has 1 fully saturated rings. The minimum absolute atomic E-state index is 0.0179. The number of aryl methyl sites for hydroxylation is 1. The Balaban J connectivity index is 1.83. The van der Waals surface area contributed by atoms with Crippen molar-refractivity contribution >= 4 is 0 Å². The average molecular weight is 313 g/mol. The lowest BCUT2D eigenvalue weighted by Gasteiger charge is -2.27. The maximum absolute atomic E-state index is 10.0. The number of hydrogen-bond acceptors (Lipinski definition) is 5. The summed E-state index contributed by atoms with van der Waals surface area (Å²) in [4.78, 5) is 11.5. The Hall–Kier alpha value is -1.82. The lowest BCUT2D eigenvalue weighted by Crippen LogP contribution is -2.42. The van der Waals surface area contributed by atoms with Crippen LogP contribution in [-0.4, -0.2) is 51.9 Å². The molecule has 1 N–H and O–H groups in total. The lowest BCUT2D eigenvalue weighted by atomic mass is 10.1. The van der Waals surface area contributed by atoms with E-state index < -0.39 is 6.10 Å². The van der Waals surface area contributed by atoms with Crippen LogP contribution in [0.2, 0.25) is 0 Å². The van der Waals surface area contributed by atoms with Gasteiger partial charge in [0.25, 0.3) is 0 Å². The molecular formula is C18H23N3O2. The summed E-state index contributed by atoms with van der Waals surface area (Å²) in [7, 11) is 0. The highest BCUT2D eigenvalue weighted by molar-refractivity contribution is 5.58. The van der Waals surface area contributed by atoms with E-state index >= 15 is 0 Å². The molecule has 1 aromatic heterocycles. The van der Waals surface area contributed by atoms with E-state index in [9.17, 15) is 5.11 Å². The first-order valence-corrected chi connectivity index (χ1v) is 8.07. The molecule has 1 aliphatic heterocycles. The molecule has 122 valence electrons. The van der Waals surface area contributed by atoms with E-state index in [2.05, 4.69) is 28.9 Å². The second-order valence-corrected chi connectivity index (χ2v) is 5.91. The second kappa shape index (κ2) is 7.17. The van der Waals surface area contributed by atoms with E-state index in [1.54, 1.807) is 0 Å². The molecule has 0 saturated carbocycles. The van der Waals surface area contributed by atoms with Crippen LogP contribution >= 0.6 is 0 Å². The quantitative estimate of drug-likeness (QED) is 0.915. The number of aliphatic hydroxyl groups excluding tert-OH is 1. The third-order valence-corrected chi connectivity index (χ3v) is 4.21. The lowest BCUT2D eigenvalue weighted by molar-refractivity contribution is 0.0793. The van der Waals surface area contributed by atoms with Gasteiger partial charge in [-0.1, -0.05) is 37.3 Å². The summed E-state index contributed by atoms with van der Waals surface area (Å²) in [5.74, 6) is 0.782. The molecule has 5 heteroatoms. The molecule has 5 nitrogen and oxygen atoms in total. The fourth-order valence-electron chi connectivity index (χ4n) is 2.98. The van der Waals surface area contributed by atoms with Gasteiger partial charge >= 0.3 is 0 Å². The summed E-state index contributed by atoms with van der Waals surface area (Å²) in [6.07, 6.45) is -0.437. The molecule has 1 saturated heterocycles. The first-order valence-electron chi connectivity index (χ1n) is 8.07. The maximum Gasteiger partial charge on any atom is 0.143 e. The molecule has 0 unspecified atom stereocenters. The summed E-state index contributed by atoms with van der Waals surface area (Å²) >= 11 is 0. The first-order chi connectivity index (χ1) is 11.2. The molecule has 0 amide bonds. The van der Waals surface area contributed by atoms with E-state index in [-0.39, 0.29) is 6.04 Å². The van der Waals surface area contributed by atoms with Crippen molar-refractivity contribution in [1.29, 1.82) is 0 Å². The molecule has 3 rings (SSSR count). The van der Waals surface area contributed by atoms with Crippen molar-refractivity contribution in [1.82, 2.24) is 14.9 Å². The SMILES string of the molecule is CCN(Cc1nc(C)cc(-c2ccccc2)n1)[C@@H]1COC[C@H]1O. The predicted octanol–water partition coefficient (Wildman–Crippen LogP) is 2.03. The van der Waals surface area contributed by atoms with Gasteiger partial charge < -0.3 is 9.84 Å². The van der Waals surface area contributed by atoms with Crippen LogP contribution in [-0.2, 0) is 11.3 Å². The van der Waals surface area contributed by atoms with Gasteiger partial charge in [0, 0.05) is 11.3 Å². The van der Waals surface area contributed by atoms with Gasteiger partial charge in [0.1, 0.15) is 5.82 Å². The summed E-state index contributed by atoms with van der Waals surface area (Å²) in [6, 6.07) is 12.1. The van der Waals surface area contributed by atoms with Crippen molar-refractivity contribution in [2.24, 2.45) is 0 Å². The molecule has 0 bridgehead atoms. The van der Waals surface area contributed by atoms with Crippen LogP contribution in [0.4, 0.5) is 0 Å². The van der Waals surface area contributed by atoms with Crippen LogP contribution in [0.3, 0.4) is 0 Å². The minimum atomic E-state index is -0.437. The Morgan fingerprint density at radius 2 is 2.00 bits per heavy atom. The molecule has 2 atom stereocenters. The number of ether oxygens (including phenoxy) is 1. The van der Waals surface area contributed by atoms with Gasteiger partial charge in [0.2, 0.25) is 0 Å². The molecule has 0 aliphatic carbocycles. The molecule has 0 radical (unpaired) electrons. The van der Waals surface area contributed by atoms with E-state index in [1.807, 2.05) is 31.2 Å². The summed E-state index contributed by atoms with van der Waals surface area (Å²) in [5.41, 5.74) is 2.98. The maximum atomic E-state index is 10.0. The number of likely N-dealkylation sites (N-methyl/N-ethyl adjacent to an activating group) is 1. The van der Waals surface area contributed by atoms with Crippen molar-refractivity contribution in [2.45, 2.75) is 32.5 Å². The fourth-order valence-corrected chi connectivity index (χ4v) is 2.98. The Morgan fingerprint density at radius 1 is 1.22 bits per heavy atom.